The first-order chi connectivity index (χ1) is 17.7. The molecule has 2 amide bonds. The summed E-state index contributed by atoms with van der Waals surface area (Å²) in [5, 5.41) is 3.17. The molecule has 10 nitrogen and oxygen atoms in total. The van der Waals surface area contributed by atoms with Crippen molar-refractivity contribution in [2.75, 3.05) is 65.8 Å². The molecule has 0 spiro atoms. The Morgan fingerprint density at radius 2 is 1.89 bits per heavy atom. The van der Waals surface area contributed by atoms with E-state index in [1.807, 2.05) is 44.7 Å². The monoisotopic (exact) mass is 507 g/mol. The second-order valence-electron chi connectivity index (χ2n) is 10.8. The van der Waals surface area contributed by atoms with E-state index >= 15 is 0 Å². The van der Waals surface area contributed by atoms with E-state index in [0.717, 1.165) is 43.1 Å². The summed E-state index contributed by atoms with van der Waals surface area (Å²) >= 11 is 0. The Hall–Kier alpha value is -3.56. The number of fused-ring (bicyclic) bond motifs is 3. The van der Waals surface area contributed by atoms with Gasteiger partial charge in [-0.2, -0.15) is 4.98 Å². The number of ether oxygens (including phenoxy) is 1. The standard InChI is InChI=1S/C27H37N7O3/c1-5-28-25-29-17-22-23(30-25)33-11-7-10-21(33)18-34(24(22)35)20-9-6-8-19(16-20)31-12-14-32(15-13-31)26(36)37-27(2,3)4/h6,8-9,16-17,21H,5,7,10-15,18H2,1-4H3,(H,28,29,30). The lowest BCUT2D eigenvalue weighted by Crippen LogP contribution is -2.50. The second kappa shape index (κ2) is 10.1. The summed E-state index contributed by atoms with van der Waals surface area (Å²) in [6, 6.07) is 8.36. The number of amides is 2. The van der Waals surface area contributed by atoms with Crippen LogP contribution in [0.15, 0.2) is 30.5 Å². The van der Waals surface area contributed by atoms with Crippen LogP contribution in [-0.4, -0.2) is 84.3 Å². The van der Waals surface area contributed by atoms with Gasteiger partial charge in [-0.15, -0.1) is 0 Å². The highest BCUT2D eigenvalue weighted by molar-refractivity contribution is 6.10. The largest absolute Gasteiger partial charge is 0.444 e. The van der Waals surface area contributed by atoms with E-state index < -0.39 is 5.60 Å². The molecular weight excluding hydrogens is 470 g/mol. The van der Waals surface area contributed by atoms with E-state index in [4.69, 9.17) is 9.72 Å². The molecule has 0 saturated carbocycles. The smallest absolute Gasteiger partial charge is 0.410 e. The fourth-order valence-corrected chi connectivity index (χ4v) is 5.28. The third-order valence-corrected chi connectivity index (χ3v) is 7.06. The molecule has 1 aromatic heterocycles. The average molecular weight is 508 g/mol. The highest BCUT2D eigenvalue weighted by Gasteiger charge is 2.37. The highest BCUT2D eigenvalue weighted by Crippen LogP contribution is 2.35. The zero-order chi connectivity index (χ0) is 26.2. The van der Waals surface area contributed by atoms with Crippen molar-refractivity contribution < 1.29 is 14.3 Å². The lowest BCUT2D eigenvalue weighted by atomic mass is 10.1. The number of hydrogen-bond acceptors (Lipinski definition) is 8. The molecule has 37 heavy (non-hydrogen) atoms. The molecule has 3 aliphatic rings. The number of aromatic nitrogens is 2. The first-order valence-corrected chi connectivity index (χ1v) is 13.3. The second-order valence-corrected chi connectivity index (χ2v) is 10.8. The predicted molar refractivity (Wildman–Crippen MR) is 145 cm³/mol. The molecule has 2 aromatic rings. The zero-order valence-electron chi connectivity index (χ0n) is 22.2. The van der Waals surface area contributed by atoms with Gasteiger partial charge in [0, 0.05) is 69.4 Å². The molecule has 0 aliphatic carbocycles. The van der Waals surface area contributed by atoms with Gasteiger partial charge in [-0.05, 0) is 58.7 Å². The summed E-state index contributed by atoms with van der Waals surface area (Å²) in [5.74, 6) is 1.22. The number of hydrogen-bond donors (Lipinski definition) is 1. The molecular formula is C27H37N7O3. The maximum absolute atomic E-state index is 13.8. The number of piperazine rings is 1. The molecule has 1 atom stereocenters. The molecule has 1 unspecified atom stereocenters. The Morgan fingerprint density at radius 3 is 2.62 bits per heavy atom. The number of carbonyl (C=O) groups excluding carboxylic acids is 2. The molecule has 1 N–H and O–H groups in total. The van der Waals surface area contributed by atoms with Crippen molar-refractivity contribution in [3.63, 3.8) is 0 Å². The van der Waals surface area contributed by atoms with E-state index in [9.17, 15) is 9.59 Å². The molecule has 2 saturated heterocycles. The molecule has 5 rings (SSSR count). The van der Waals surface area contributed by atoms with Gasteiger partial charge in [0.25, 0.3) is 5.91 Å². The van der Waals surface area contributed by atoms with Crippen LogP contribution in [0.2, 0.25) is 0 Å². The van der Waals surface area contributed by atoms with Gasteiger partial charge in [0.15, 0.2) is 0 Å². The number of benzene rings is 1. The summed E-state index contributed by atoms with van der Waals surface area (Å²) in [5.41, 5.74) is 1.95. The molecule has 2 fully saturated rings. The van der Waals surface area contributed by atoms with Crippen LogP contribution in [0.5, 0.6) is 0 Å². The van der Waals surface area contributed by atoms with Crippen LogP contribution in [0.25, 0.3) is 0 Å². The third-order valence-electron chi connectivity index (χ3n) is 7.06. The number of anilines is 4. The summed E-state index contributed by atoms with van der Waals surface area (Å²) in [7, 11) is 0. The minimum Gasteiger partial charge on any atom is -0.444 e. The topological polar surface area (TPSA) is 94.1 Å². The Balaban J connectivity index is 1.35. The SMILES string of the molecule is CCNc1ncc2c(n1)N1CCCC1CN(c1cccc(N3CCN(C(=O)OC(C)(C)C)CC3)c1)C2=O. The van der Waals surface area contributed by atoms with E-state index in [0.29, 0.717) is 44.2 Å². The number of nitrogens with zero attached hydrogens (tertiary/aromatic N) is 6. The Kier molecular flexibility index (Phi) is 6.83. The first kappa shape index (κ1) is 25.1. The summed E-state index contributed by atoms with van der Waals surface area (Å²) in [4.78, 5) is 43.5. The van der Waals surface area contributed by atoms with Crippen LogP contribution in [0, 0.1) is 0 Å². The molecule has 0 bridgehead atoms. The Bertz CT molecular complexity index is 1160. The van der Waals surface area contributed by atoms with Crippen molar-refractivity contribution in [2.45, 2.75) is 52.2 Å². The average Bonchev–Trinajstić information content (AvgIpc) is 3.30. The molecule has 0 radical (unpaired) electrons. The lowest BCUT2D eigenvalue weighted by molar-refractivity contribution is 0.0240. The Morgan fingerprint density at radius 1 is 1.14 bits per heavy atom. The van der Waals surface area contributed by atoms with Crippen molar-refractivity contribution in [1.82, 2.24) is 14.9 Å². The molecule has 198 valence electrons. The van der Waals surface area contributed by atoms with Crippen LogP contribution < -0.4 is 20.0 Å². The minimum absolute atomic E-state index is 0.0701. The predicted octanol–water partition coefficient (Wildman–Crippen LogP) is 3.59. The fourth-order valence-electron chi connectivity index (χ4n) is 5.28. The van der Waals surface area contributed by atoms with Gasteiger partial charge < -0.3 is 29.7 Å². The lowest BCUT2D eigenvalue weighted by Gasteiger charge is -2.37. The fraction of sp³-hybridized carbons (Fsp3) is 0.556. The van der Waals surface area contributed by atoms with E-state index in [1.54, 1.807) is 11.1 Å². The molecule has 4 heterocycles. The maximum Gasteiger partial charge on any atom is 0.410 e. The van der Waals surface area contributed by atoms with Gasteiger partial charge in [0.2, 0.25) is 5.95 Å². The van der Waals surface area contributed by atoms with Crippen molar-refractivity contribution in [3.8, 4) is 0 Å². The number of nitrogens with one attached hydrogen (secondary N) is 1. The normalized spacial score (nSPS) is 19.9. The van der Waals surface area contributed by atoms with Gasteiger partial charge in [-0.25, -0.2) is 9.78 Å². The van der Waals surface area contributed by atoms with Gasteiger partial charge in [-0.3, -0.25) is 4.79 Å². The van der Waals surface area contributed by atoms with Gasteiger partial charge >= 0.3 is 6.09 Å². The zero-order valence-corrected chi connectivity index (χ0v) is 22.2. The van der Waals surface area contributed by atoms with E-state index in [2.05, 4.69) is 32.2 Å². The van der Waals surface area contributed by atoms with Gasteiger partial charge in [-0.1, -0.05) is 6.07 Å². The summed E-state index contributed by atoms with van der Waals surface area (Å²) in [6.45, 7) is 12.5. The Labute approximate surface area is 218 Å². The third kappa shape index (κ3) is 5.28. The molecule has 1 aromatic carbocycles. The minimum atomic E-state index is -0.505. The van der Waals surface area contributed by atoms with Crippen molar-refractivity contribution in [3.05, 3.63) is 36.0 Å². The van der Waals surface area contributed by atoms with Crippen molar-refractivity contribution in [1.29, 1.82) is 0 Å². The number of rotatable bonds is 4. The van der Waals surface area contributed by atoms with Crippen LogP contribution in [0.3, 0.4) is 0 Å². The maximum atomic E-state index is 13.8. The van der Waals surface area contributed by atoms with Crippen LogP contribution in [0.1, 0.15) is 50.9 Å². The van der Waals surface area contributed by atoms with Crippen LogP contribution in [0.4, 0.5) is 27.9 Å². The van der Waals surface area contributed by atoms with Crippen LogP contribution >= 0.6 is 0 Å². The van der Waals surface area contributed by atoms with Crippen LogP contribution in [-0.2, 0) is 4.74 Å². The summed E-state index contributed by atoms with van der Waals surface area (Å²) in [6.07, 6.45) is 3.50. The van der Waals surface area contributed by atoms with Crippen molar-refractivity contribution in [2.24, 2.45) is 0 Å². The van der Waals surface area contributed by atoms with Gasteiger partial charge in [0.05, 0.1) is 0 Å². The molecule has 10 heteroatoms. The first-order valence-electron chi connectivity index (χ1n) is 13.3. The molecule has 3 aliphatic heterocycles. The quantitative estimate of drug-likeness (QED) is 0.671. The highest BCUT2D eigenvalue weighted by atomic mass is 16.6. The van der Waals surface area contributed by atoms with E-state index in [1.165, 1.54) is 0 Å². The van der Waals surface area contributed by atoms with Gasteiger partial charge in [0.1, 0.15) is 17.0 Å². The van der Waals surface area contributed by atoms with Crippen molar-refractivity contribution >= 4 is 35.1 Å². The number of carbonyl (C=O) groups is 2. The summed E-state index contributed by atoms with van der Waals surface area (Å²) < 4.78 is 5.53. The van der Waals surface area contributed by atoms with E-state index in [-0.39, 0.29) is 18.0 Å².